The van der Waals surface area contributed by atoms with Crippen LogP contribution in [0.15, 0.2) is 18.3 Å². The molecule has 0 bridgehead atoms. The molecule has 6 heteroatoms. The number of rotatable bonds is 3. The number of carbonyl (C=O) groups excluding carboxylic acids is 1. The molecule has 0 N–H and O–H groups in total. The fraction of sp³-hybridized carbons (Fsp3) is 0.333. The number of hydrogen-bond acceptors (Lipinski definition) is 5. The number of pyridine rings is 1. The lowest BCUT2D eigenvalue weighted by atomic mass is 10.2. The fourth-order valence-corrected chi connectivity index (χ4v) is 1.52. The first kappa shape index (κ1) is 12.2. The van der Waals surface area contributed by atoms with Crippen molar-refractivity contribution in [3.8, 4) is 11.4 Å². The van der Waals surface area contributed by atoms with E-state index in [1.165, 1.54) is 0 Å². The van der Waals surface area contributed by atoms with E-state index in [9.17, 15) is 4.79 Å². The number of nitrogens with zero attached hydrogens (tertiary/aromatic N) is 4. The molecule has 2 rings (SSSR count). The van der Waals surface area contributed by atoms with Gasteiger partial charge in [-0.05, 0) is 26.0 Å². The molecule has 2 aromatic rings. The third-order valence-corrected chi connectivity index (χ3v) is 2.39. The van der Waals surface area contributed by atoms with Crippen molar-refractivity contribution in [2.24, 2.45) is 7.05 Å². The Labute approximate surface area is 105 Å². The molecule has 0 aliphatic rings. The van der Waals surface area contributed by atoms with Crippen LogP contribution in [-0.4, -0.2) is 32.3 Å². The van der Waals surface area contributed by atoms with Crippen LogP contribution in [0.4, 0.5) is 0 Å². The van der Waals surface area contributed by atoms with Crippen molar-refractivity contribution in [3.63, 3.8) is 0 Å². The highest BCUT2D eigenvalue weighted by Crippen LogP contribution is 2.15. The molecule has 0 aliphatic heterocycles. The largest absolute Gasteiger partial charge is 0.460 e. The van der Waals surface area contributed by atoms with Gasteiger partial charge >= 0.3 is 5.97 Å². The summed E-state index contributed by atoms with van der Waals surface area (Å²) in [5.74, 6) is 0.139. The summed E-state index contributed by atoms with van der Waals surface area (Å²) in [4.78, 5) is 19.9. The van der Waals surface area contributed by atoms with Gasteiger partial charge in [-0.1, -0.05) is 0 Å². The predicted molar refractivity (Wildman–Crippen MR) is 64.9 cm³/mol. The van der Waals surface area contributed by atoms with E-state index in [0.717, 1.165) is 11.3 Å². The minimum Gasteiger partial charge on any atom is -0.460 e. The van der Waals surface area contributed by atoms with E-state index < -0.39 is 5.97 Å². The van der Waals surface area contributed by atoms with Crippen molar-refractivity contribution in [2.75, 3.05) is 6.61 Å². The molecule has 2 heterocycles. The monoisotopic (exact) mass is 246 g/mol. The molecular weight excluding hydrogens is 232 g/mol. The van der Waals surface area contributed by atoms with Crippen molar-refractivity contribution in [1.29, 1.82) is 0 Å². The summed E-state index contributed by atoms with van der Waals surface area (Å²) in [7, 11) is 1.73. The second-order valence-electron chi connectivity index (χ2n) is 3.79. The lowest BCUT2D eigenvalue weighted by Crippen LogP contribution is -2.07. The molecule has 94 valence electrons. The summed E-state index contributed by atoms with van der Waals surface area (Å²) in [6.45, 7) is 3.95. The van der Waals surface area contributed by atoms with Gasteiger partial charge in [0.1, 0.15) is 0 Å². The van der Waals surface area contributed by atoms with Gasteiger partial charge in [-0.2, -0.15) is 0 Å². The van der Waals surface area contributed by atoms with Crippen LogP contribution in [0.25, 0.3) is 11.4 Å². The molecular formula is C12H14N4O2. The zero-order chi connectivity index (χ0) is 13.1. The van der Waals surface area contributed by atoms with E-state index in [-0.39, 0.29) is 5.82 Å². The average molecular weight is 246 g/mol. The summed E-state index contributed by atoms with van der Waals surface area (Å²) in [6, 6.07) is 3.77. The highest BCUT2D eigenvalue weighted by atomic mass is 16.5. The maximum absolute atomic E-state index is 11.5. The van der Waals surface area contributed by atoms with Crippen LogP contribution >= 0.6 is 0 Å². The smallest absolute Gasteiger partial charge is 0.378 e. The molecule has 0 aliphatic carbocycles. The SMILES string of the molecule is CCOC(=O)c1nc(-c2ccc(C)nc2)n(C)n1. The van der Waals surface area contributed by atoms with Gasteiger partial charge in [0, 0.05) is 24.5 Å². The quantitative estimate of drug-likeness (QED) is 0.765. The molecule has 18 heavy (non-hydrogen) atoms. The van der Waals surface area contributed by atoms with E-state index in [1.54, 1.807) is 24.9 Å². The Morgan fingerprint density at radius 2 is 2.22 bits per heavy atom. The maximum Gasteiger partial charge on any atom is 0.378 e. The number of aromatic nitrogens is 4. The van der Waals surface area contributed by atoms with Crippen LogP contribution in [-0.2, 0) is 11.8 Å². The summed E-state index contributed by atoms with van der Waals surface area (Å²) < 4.78 is 6.40. The minimum atomic E-state index is -0.514. The molecule has 2 aromatic heterocycles. The number of carbonyl (C=O) groups is 1. The first-order chi connectivity index (χ1) is 8.61. The van der Waals surface area contributed by atoms with Crippen molar-refractivity contribution in [3.05, 3.63) is 29.8 Å². The van der Waals surface area contributed by atoms with Crippen LogP contribution in [0.5, 0.6) is 0 Å². The normalized spacial score (nSPS) is 10.4. The van der Waals surface area contributed by atoms with E-state index >= 15 is 0 Å². The van der Waals surface area contributed by atoms with Gasteiger partial charge in [0.15, 0.2) is 5.82 Å². The molecule has 0 saturated carbocycles. The van der Waals surface area contributed by atoms with E-state index in [2.05, 4.69) is 15.1 Å². The molecule has 0 unspecified atom stereocenters. The zero-order valence-corrected chi connectivity index (χ0v) is 10.5. The van der Waals surface area contributed by atoms with Gasteiger partial charge in [0.25, 0.3) is 5.82 Å². The van der Waals surface area contributed by atoms with Crippen molar-refractivity contribution in [2.45, 2.75) is 13.8 Å². The molecule has 0 aromatic carbocycles. The van der Waals surface area contributed by atoms with Gasteiger partial charge in [0.05, 0.1) is 6.61 Å². The summed E-state index contributed by atoms with van der Waals surface area (Å²) >= 11 is 0. The Hall–Kier alpha value is -2.24. The van der Waals surface area contributed by atoms with E-state index in [4.69, 9.17) is 4.74 Å². The highest BCUT2D eigenvalue weighted by molar-refractivity contribution is 5.85. The number of aryl methyl sites for hydroxylation is 2. The van der Waals surface area contributed by atoms with Gasteiger partial charge in [-0.3, -0.25) is 4.98 Å². The number of ether oxygens (including phenoxy) is 1. The van der Waals surface area contributed by atoms with Gasteiger partial charge < -0.3 is 4.74 Å². The van der Waals surface area contributed by atoms with E-state index in [1.807, 2.05) is 19.1 Å². The second-order valence-corrected chi connectivity index (χ2v) is 3.79. The molecule has 0 fully saturated rings. The molecule has 0 saturated heterocycles. The molecule has 0 radical (unpaired) electrons. The topological polar surface area (TPSA) is 69.9 Å². The Morgan fingerprint density at radius 3 is 2.83 bits per heavy atom. The molecule has 0 amide bonds. The summed E-state index contributed by atoms with van der Waals surface area (Å²) in [5, 5.41) is 4.03. The fourth-order valence-electron chi connectivity index (χ4n) is 1.52. The zero-order valence-electron chi connectivity index (χ0n) is 10.5. The average Bonchev–Trinajstić information content (AvgIpc) is 2.73. The van der Waals surface area contributed by atoms with Crippen LogP contribution in [0, 0.1) is 6.92 Å². The summed E-state index contributed by atoms with van der Waals surface area (Å²) in [6.07, 6.45) is 1.70. The lowest BCUT2D eigenvalue weighted by Gasteiger charge is -1.99. The predicted octanol–water partition coefficient (Wildman–Crippen LogP) is 1.36. The Balaban J connectivity index is 2.34. The molecule has 0 atom stereocenters. The summed E-state index contributed by atoms with van der Waals surface area (Å²) in [5.41, 5.74) is 1.73. The van der Waals surface area contributed by atoms with Crippen LogP contribution in [0.2, 0.25) is 0 Å². The maximum atomic E-state index is 11.5. The molecule has 6 nitrogen and oxygen atoms in total. The first-order valence-electron chi connectivity index (χ1n) is 5.63. The van der Waals surface area contributed by atoms with Gasteiger partial charge in [-0.15, -0.1) is 5.10 Å². The van der Waals surface area contributed by atoms with Crippen molar-refractivity contribution >= 4 is 5.97 Å². The number of esters is 1. The van der Waals surface area contributed by atoms with Crippen LogP contribution in [0.3, 0.4) is 0 Å². The van der Waals surface area contributed by atoms with Crippen molar-refractivity contribution in [1.82, 2.24) is 19.7 Å². The van der Waals surface area contributed by atoms with Gasteiger partial charge in [-0.25, -0.2) is 14.5 Å². The standard InChI is InChI=1S/C12H14N4O2/c1-4-18-12(17)10-14-11(16(3)15-10)9-6-5-8(2)13-7-9/h5-7H,4H2,1-3H3. The first-order valence-corrected chi connectivity index (χ1v) is 5.63. The van der Waals surface area contributed by atoms with Crippen LogP contribution in [0.1, 0.15) is 23.2 Å². The number of hydrogen-bond donors (Lipinski definition) is 0. The van der Waals surface area contributed by atoms with E-state index in [0.29, 0.717) is 12.4 Å². The Bertz CT molecular complexity index is 560. The van der Waals surface area contributed by atoms with Gasteiger partial charge in [0.2, 0.25) is 0 Å². The van der Waals surface area contributed by atoms with Crippen molar-refractivity contribution < 1.29 is 9.53 Å². The second kappa shape index (κ2) is 4.95. The third-order valence-electron chi connectivity index (χ3n) is 2.39. The van der Waals surface area contributed by atoms with Crippen LogP contribution < -0.4 is 0 Å². The third kappa shape index (κ3) is 2.37. The minimum absolute atomic E-state index is 0.0647. The molecule has 0 spiro atoms. The lowest BCUT2D eigenvalue weighted by molar-refractivity contribution is 0.0512. The Morgan fingerprint density at radius 1 is 1.44 bits per heavy atom. The Kier molecular flexibility index (Phi) is 3.36. The highest BCUT2D eigenvalue weighted by Gasteiger charge is 2.16.